The minimum absolute atomic E-state index is 0.0727. The highest BCUT2D eigenvalue weighted by molar-refractivity contribution is 5.93. The van der Waals surface area contributed by atoms with Gasteiger partial charge in [-0.05, 0) is 38.8 Å². The van der Waals surface area contributed by atoms with Gasteiger partial charge in [0.05, 0.1) is 0 Å². The Morgan fingerprint density at radius 2 is 2.24 bits per heavy atom. The molecular formula is C13H22N2O2. The zero-order chi connectivity index (χ0) is 12.9. The standard InChI is InChI=1S/C13H22N2O2/c1-4-8-15-9-5-6-11(15)12(17)14-13(2,3)7-10-16/h5-6,9,16H,4,7-8,10H2,1-3H3,(H,14,17). The Bertz CT molecular complexity index is 369. The van der Waals surface area contributed by atoms with Crippen molar-refractivity contribution in [1.29, 1.82) is 0 Å². The largest absolute Gasteiger partial charge is 0.396 e. The van der Waals surface area contributed by atoms with E-state index in [2.05, 4.69) is 12.2 Å². The third-order valence-electron chi connectivity index (χ3n) is 2.72. The molecular weight excluding hydrogens is 216 g/mol. The lowest BCUT2D eigenvalue weighted by Crippen LogP contribution is -2.44. The van der Waals surface area contributed by atoms with Gasteiger partial charge < -0.3 is 15.0 Å². The fraction of sp³-hybridized carbons (Fsp3) is 0.615. The Labute approximate surface area is 103 Å². The Hall–Kier alpha value is -1.29. The number of nitrogens with zero attached hydrogens (tertiary/aromatic N) is 1. The van der Waals surface area contributed by atoms with Crippen molar-refractivity contribution in [2.45, 2.75) is 45.7 Å². The summed E-state index contributed by atoms with van der Waals surface area (Å²) in [6, 6.07) is 3.70. The molecule has 2 N–H and O–H groups in total. The van der Waals surface area contributed by atoms with Gasteiger partial charge in [-0.25, -0.2) is 0 Å². The Morgan fingerprint density at radius 1 is 1.53 bits per heavy atom. The fourth-order valence-corrected chi connectivity index (χ4v) is 1.77. The van der Waals surface area contributed by atoms with Crippen LogP contribution in [0.3, 0.4) is 0 Å². The number of hydrogen-bond acceptors (Lipinski definition) is 2. The topological polar surface area (TPSA) is 54.3 Å². The molecule has 4 heteroatoms. The Kier molecular flexibility index (Phi) is 4.75. The monoisotopic (exact) mass is 238 g/mol. The second kappa shape index (κ2) is 5.87. The summed E-state index contributed by atoms with van der Waals surface area (Å²) in [6.07, 6.45) is 3.46. The summed E-state index contributed by atoms with van der Waals surface area (Å²) < 4.78 is 1.95. The van der Waals surface area contributed by atoms with Crippen molar-refractivity contribution in [3.8, 4) is 0 Å². The van der Waals surface area contributed by atoms with Gasteiger partial charge in [-0.15, -0.1) is 0 Å². The second-order valence-electron chi connectivity index (χ2n) is 4.90. The van der Waals surface area contributed by atoms with E-state index >= 15 is 0 Å². The SMILES string of the molecule is CCCn1cccc1C(=O)NC(C)(C)CCO. The van der Waals surface area contributed by atoms with Gasteiger partial charge in [0.15, 0.2) is 0 Å². The van der Waals surface area contributed by atoms with Crippen LogP contribution in [0.15, 0.2) is 18.3 Å². The highest BCUT2D eigenvalue weighted by atomic mass is 16.3. The number of aliphatic hydroxyl groups is 1. The maximum Gasteiger partial charge on any atom is 0.268 e. The second-order valence-corrected chi connectivity index (χ2v) is 4.90. The molecule has 96 valence electrons. The molecule has 0 radical (unpaired) electrons. The van der Waals surface area contributed by atoms with Crippen molar-refractivity contribution in [1.82, 2.24) is 9.88 Å². The molecule has 1 rings (SSSR count). The van der Waals surface area contributed by atoms with Crippen LogP contribution < -0.4 is 5.32 Å². The summed E-state index contributed by atoms with van der Waals surface area (Å²) in [5, 5.41) is 11.9. The van der Waals surface area contributed by atoms with E-state index in [1.807, 2.05) is 36.7 Å². The molecule has 17 heavy (non-hydrogen) atoms. The lowest BCUT2D eigenvalue weighted by molar-refractivity contribution is 0.0890. The molecule has 0 bridgehead atoms. The van der Waals surface area contributed by atoms with Crippen molar-refractivity contribution in [2.24, 2.45) is 0 Å². The number of amides is 1. The van der Waals surface area contributed by atoms with Crippen LogP contribution in [0.25, 0.3) is 0 Å². The van der Waals surface area contributed by atoms with Crippen molar-refractivity contribution >= 4 is 5.91 Å². The van der Waals surface area contributed by atoms with Gasteiger partial charge in [0, 0.05) is 24.9 Å². The van der Waals surface area contributed by atoms with E-state index in [0.29, 0.717) is 12.1 Å². The molecule has 1 aromatic heterocycles. The van der Waals surface area contributed by atoms with Crippen LogP contribution in [0.2, 0.25) is 0 Å². The number of carbonyl (C=O) groups is 1. The summed E-state index contributed by atoms with van der Waals surface area (Å²) in [4.78, 5) is 12.1. The van der Waals surface area contributed by atoms with E-state index in [4.69, 9.17) is 5.11 Å². The molecule has 1 amide bonds. The predicted octanol–water partition coefficient (Wildman–Crippen LogP) is 1.79. The van der Waals surface area contributed by atoms with Crippen molar-refractivity contribution in [3.63, 3.8) is 0 Å². The van der Waals surface area contributed by atoms with Crippen molar-refractivity contribution < 1.29 is 9.90 Å². The van der Waals surface area contributed by atoms with Gasteiger partial charge in [0.1, 0.15) is 5.69 Å². The fourth-order valence-electron chi connectivity index (χ4n) is 1.77. The maximum atomic E-state index is 12.1. The van der Waals surface area contributed by atoms with E-state index in [-0.39, 0.29) is 18.1 Å². The van der Waals surface area contributed by atoms with Crippen LogP contribution in [0.1, 0.15) is 44.1 Å². The first kappa shape index (κ1) is 13.8. The van der Waals surface area contributed by atoms with Gasteiger partial charge in [-0.3, -0.25) is 4.79 Å². The number of rotatable bonds is 6. The third-order valence-corrected chi connectivity index (χ3v) is 2.72. The molecule has 0 aliphatic carbocycles. The lowest BCUT2D eigenvalue weighted by atomic mass is 10.0. The van der Waals surface area contributed by atoms with E-state index in [1.54, 1.807) is 0 Å². The molecule has 0 aliphatic rings. The zero-order valence-electron chi connectivity index (χ0n) is 10.9. The summed E-state index contributed by atoms with van der Waals surface area (Å²) in [5.74, 6) is -0.0816. The minimum Gasteiger partial charge on any atom is -0.396 e. The zero-order valence-corrected chi connectivity index (χ0v) is 10.9. The van der Waals surface area contributed by atoms with E-state index < -0.39 is 0 Å². The average Bonchev–Trinajstić information content (AvgIpc) is 2.65. The number of aromatic nitrogens is 1. The van der Waals surface area contributed by atoms with Gasteiger partial charge in [0.2, 0.25) is 0 Å². The summed E-state index contributed by atoms with van der Waals surface area (Å²) in [7, 11) is 0. The predicted molar refractivity (Wildman–Crippen MR) is 68.0 cm³/mol. The van der Waals surface area contributed by atoms with Crippen LogP contribution >= 0.6 is 0 Å². The molecule has 0 saturated heterocycles. The first-order valence-electron chi connectivity index (χ1n) is 6.08. The van der Waals surface area contributed by atoms with Crippen LogP contribution in [0.4, 0.5) is 0 Å². The molecule has 0 aliphatic heterocycles. The first-order chi connectivity index (χ1) is 8.00. The van der Waals surface area contributed by atoms with Crippen molar-refractivity contribution in [2.75, 3.05) is 6.61 Å². The van der Waals surface area contributed by atoms with Gasteiger partial charge in [-0.1, -0.05) is 6.92 Å². The molecule has 0 unspecified atom stereocenters. The van der Waals surface area contributed by atoms with Crippen molar-refractivity contribution in [3.05, 3.63) is 24.0 Å². The molecule has 4 nitrogen and oxygen atoms in total. The summed E-state index contributed by atoms with van der Waals surface area (Å²) >= 11 is 0. The quantitative estimate of drug-likeness (QED) is 0.794. The lowest BCUT2D eigenvalue weighted by Gasteiger charge is -2.25. The average molecular weight is 238 g/mol. The Morgan fingerprint density at radius 3 is 2.82 bits per heavy atom. The van der Waals surface area contributed by atoms with E-state index in [0.717, 1.165) is 13.0 Å². The van der Waals surface area contributed by atoms with Crippen LogP contribution in [0.5, 0.6) is 0 Å². The van der Waals surface area contributed by atoms with Gasteiger partial charge in [-0.2, -0.15) is 0 Å². The van der Waals surface area contributed by atoms with Gasteiger partial charge >= 0.3 is 0 Å². The molecule has 0 fully saturated rings. The van der Waals surface area contributed by atoms with E-state index in [9.17, 15) is 4.79 Å². The highest BCUT2D eigenvalue weighted by Crippen LogP contribution is 2.10. The number of hydrogen-bond donors (Lipinski definition) is 2. The molecule has 1 aromatic rings. The molecule has 0 spiro atoms. The normalized spacial score (nSPS) is 11.5. The Balaban J connectivity index is 2.72. The molecule has 0 aromatic carbocycles. The van der Waals surface area contributed by atoms with Crippen LogP contribution in [-0.2, 0) is 6.54 Å². The molecule has 0 atom stereocenters. The minimum atomic E-state index is -0.382. The summed E-state index contributed by atoms with van der Waals surface area (Å²) in [5.41, 5.74) is 0.297. The highest BCUT2D eigenvalue weighted by Gasteiger charge is 2.21. The van der Waals surface area contributed by atoms with Crippen LogP contribution in [0, 0.1) is 0 Å². The van der Waals surface area contributed by atoms with E-state index in [1.165, 1.54) is 0 Å². The molecule has 1 heterocycles. The number of nitrogens with one attached hydrogen (secondary N) is 1. The first-order valence-corrected chi connectivity index (χ1v) is 6.08. The third kappa shape index (κ3) is 3.89. The number of carbonyl (C=O) groups excluding carboxylic acids is 1. The smallest absolute Gasteiger partial charge is 0.268 e. The molecule has 0 saturated carbocycles. The van der Waals surface area contributed by atoms with Gasteiger partial charge in [0.25, 0.3) is 5.91 Å². The number of aryl methyl sites for hydroxylation is 1. The summed E-state index contributed by atoms with van der Waals surface area (Å²) in [6.45, 7) is 6.82. The number of aliphatic hydroxyl groups excluding tert-OH is 1. The van der Waals surface area contributed by atoms with Crippen LogP contribution in [-0.4, -0.2) is 27.7 Å². The maximum absolute atomic E-state index is 12.1.